The number of carbonyl (C=O) groups excluding carboxylic acids is 2. The van der Waals surface area contributed by atoms with Gasteiger partial charge in [0.1, 0.15) is 23.3 Å². The van der Waals surface area contributed by atoms with E-state index in [1.54, 1.807) is 35.0 Å². The number of ether oxygens (including phenoxy) is 1. The van der Waals surface area contributed by atoms with Gasteiger partial charge in [0.15, 0.2) is 5.66 Å². The lowest BCUT2D eigenvalue weighted by Crippen LogP contribution is -2.60. The van der Waals surface area contributed by atoms with Gasteiger partial charge >= 0.3 is 0 Å². The number of carbonyl (C=O) groups is 2. The summed E-state index contributed by atoms with van der Waals surface area (Å²) in [6.45, 7) is 2.91. The molecule has 0 saturated carbocycles. The Morgan fingerprint density at radius 3 is 2.74 bits per heavy atom. The van der Waals surface area contributed by atoms with Crippen LogP contribution in [0.2, 0.25) is 0 Å². The van der Waals surface area contributed by atoms with Crippen molar-refractivity contribution in [2.24, 2.45) is 0 Å². The molecule has 3 aromatic rings. The van der Waals surface area contributed by atoms with Crippen LogP contribution in [-0.2, 0) is 12.2 Å². The van der Waals surface area contributed by atoms with E-state index in [0.29, 0.717) is 42.3 Å². The van der Waals surface area contributed by atoms with Gasteiger partial charge in [-0.15, -0.1) is 5.53 Å². The standard InChI is InChI=1S/C23H23N7O4/c1-15-19(13-34-25-15)21(31)28-9-10-29-22(32)20-11-17(30-8-7-24-26-30)12-27(20)14-23(28,29)16-3-5-18(33-2)6-4-16/h3-8,11-13,24,26H,9-10,14H2,1-2H3. The summed E-state index contributed by atoms with van der Waals surface area (Å²) in [4.78, 5) is 31.1. The predicted octanol–water partition coefficient (Wildman–Crippen LogP) is 1.56. The Kier molecular flexibility index (Phi) is 4.42. The second-order valence-electron chi connectivity index (χ2n) is 8.43. The molecule has 0 bridgehead atoms. The zero-order chi connectivity index (χ0) is 23.4. The quantitative estimate of drug-likeness (QED) is 0.603. The Balaban J connectivity index is 1.49. The first kappa shape index (κ1) is 20.4. The normalized spacial score (nSPS) is 21.0. The predicted molar refractivity (Wildman–Crippen MR) is 120 cm³/mol. The monoisotopic (exact) mass is 461 g/mol. The van der Waals surface area contributed by atoms with Crippen LogP contribution in [0.3, 0.4) is 0 Å². The molecule has 1 saturated heterocycles. The maximum absolute atomic E-state index is 13.8. The van der Waals surface area contributed by atoms with Gasteiger partial charge in [0.05, 0.1) is 25.0 Å². The van der Waals surface area contributed by atoms with E-state index in [0.717, 1.165) is 11.3 Å². The van der Waals surface area contributed by atoms with Crippen molar-refractivity contribution < 1.29 is 18.8 Å². The number of hydrogen-bond acceptors (Lipinski definition) is 8. The average Bonchev–Trinajstić information content (AvgIpc) is 3.64. The molecule has 1 aromatic carbocycles. The number of rotatable bonds is 4. The van der Waals surface area contributed by atoms with Crippen molar-refractivity contribution in [3.8, 4) is 5.75 Å². The number of hydrazine groups is 2. The molecule has 1 fully saturated rings. The van der Waals surface area contributed by atoms with Crippen LogP contribution in [0.25, 0.3) is 0 Å². The summed E-state index contributed by atoms with van der Waals surface area (Å²) >= 11 is 0. The Bertz CT molecular complexity index is 1310. The molecule has 1 unspecified atom stereocenters. The lowest BCUT2D eigenvalue weighted by Gasteiger charge is -2.47. The summed E-state index contributed by atoms with van der Waals surface area (Å²) in [5, 5.41) is 5.66. The fraction of sp³-hybridized carbons (Fsp3) is 0.261. The summed E-state index contributed by atoms with van der Waals surface area (Å²) in [6.07, 6.45) is 6.87. The van der Waals surface area contributed by atoms with E-state index in [1.807, 2.05) is 47.3 Å². The van der Waals surface area contributed by atoms with E-state index in [1.165, 1.54) is 6.26 Å². The van der Waals surface area contributed by atoms with Crippen LogP contribution in [-0.4, -0.2) is 51.5 Å². The topological polar surface area (TPSA) is 108 Å². The fourth-order valence-electron chi connectivity index (χ4n) is 5.05. The summed E-state index contributed by atoms with van der Waals surface area (Å²) in [7, 11) is 1.60. The van der Waals surface area contributed by atoms with Crippen LogP contribution < -0.4 is 20.7 Å². The number of aromatic nitrogens is 2. The third-order valence-corrected chi connectivity index (χ3v) is 6.73. The van der Waals surface area contributed by atoms with Crippen molar-refractivity contribution in [2.45, 2.75) is 19.1 Å². The Hall–Kier alpha value is -4.25. The number of fused-ring (bicyclic) bond motifs is 2. The first-order valence-corrected chi connectivity index (χ1v) is 10.9. The van der Waals surface area contributed by atoms with Crippen molar-refractivity contribution in [3.63, 3.8) is 0 Å². The van der Waals surface area contributed by atoms with Gasteiger partial charge in [-0.05, 0) is 25.1 Å². The first-order valence-electron chi connectivity index (χ1n) is 10.9. The largest absolute Gasteiger partial charge is 0.497 e. The highest BCUT2D eigenvalue weighted by molar-refractivity contribution is 5.99. The molecule has 1 atom stereocenters. The smallest absolute Gasteiger partial charge is 0.272 e. The number of benzene rings is 1. The number of hydrogen-bond donors (Lipinski definition) is 2. The molecule has 174 valence electrons. The number of amides is 2. The molecule has 5 heterocycles. The van der Waals surface area contributed by atoms with E-state index >= 15 is 0 Å². The first-order chi connectivity index (χ1) is 16.5. The van der Waals surface area contributed by atoms with Crippen LogP contribution in [0, 0.1) is 6.92 Å². The average molecular weight is 461 g/mol. The lowest BCUT2D eigenvalue weighted by atomic mass is 9.93. The lowest BCUT2D eigenvalue weighted by molar-refractivity contribution is -0.00597. The molecule has 2 aromatic heterocycles. The third kappa shape index (κ3) is 2.76. The maximum Gasteiger partial charge on any atom is 0.272 e. The van der Waals surface area contributed by atoms with Crippen molar-refractivity contribution in [1.29, 1.82) is 0 Å². The maximum atomic E-state index is 13.8. The Labute approximate surface area is 195 Å². The molecule has 11 nitrogen and oxygen atoms in total. The molecule has 34 heavy (non-hydrogen) atoms. The third-order valence-electron chi connectivity index (χ3n) is 6.73. The zero-order valence-electron chi connectivity index (χ0n) is 18.7. The number of nitrogens with one attached hydrogen (secondary N) is 2. The highest BCUT2D eigenvalue weighted by atomic mass is 16.5. The van der Waals surface area contributed by atoms with Crippen molar-refractivity contribution in [1.82, 2.24) is 30.5 Å². The fourth-order valence-corrected chi connectivity index (χ4v) is 5.05. The van der Waals surface area contributed by atoms with Crippen LogP contribution in [0.15, 0.2) is 59.7 Å². The van der Waals surface area contributed by atoms with Crippen molar-refractivity contribution in [2.75, 3.05) is 25.2 Å². The second-order valence-corrected chi connectivity index (χ2v) is 8.43. The SMILES string of the molecule is COc1ccc(C23Cn4cc(N5C=CNN5)cc4C(=O)N2CCN3C(=O)c2conc2C)cc1. The second kappa shape index (κ2) is 7.39. The molecular formula is C23H23N7O4. The summed E-state index contributed by atoms with van der Waals surface area (Å²) in [5.74, 6) is 0.332. The van der Waals surface area contributed by atoms with E-state index in [4.69, 9.17) is 9.26 Å². The van der Waals surface area contributed by atoms with Crippen molar-refractivity contribution in [3.05, 3.63) is 77.7 Å². The molecule has 0 aliphatic carbocycles. The minimum atomic E-state index is -1.01. The van der Waals surface area contributed by atoms with E-state index in [9.17, 15) is 9.59 Å². The van der Waals surface area contributed by atoms with E-state index in [-0.39, 0.29) is 11.8 Å². The van der Waals surface area contributed by atoms with Crippen LogP contribution >= 0.6 is 0 Å². The molecule has 3 aliphatic heterocycles. The van der Waals surface area contributed by atoms with Crippen LogP contribution in [0.1, 0.15) is 32.1 Å². The zero-order valence-corrected chi connectivity index (χ0v) is 18.7. The van der Waals surface area contributed by atoms with Gasteiger partial charge in [-0.2, -0.15) is 0 Å². The minimum Gasteiger partial charge on any atom is -0.497 e. The van der Waals surface area contributed by atoms with Gasteiger partial charge in [0.25, 0.3) is 11.8 Å². The van der Waals surface area contributed by atoms with Gasteiger partial charge in [-0.3, -0.25) is 14.6 Å². The molecule has 0 radical (unpaired) electrons. The Morgan fingerprint density at radius 2 is 2.06 bits per heavy atom. The van der Waals surface area contributed by atoms with Gasteiger partial charge < -0.3 is 29.1 Å². The minimum absolute atomic E-state index is 0.137. The Morgan fingerprint density at radius 1 is 1.24 bits per heavy atom. The summed E-state index contributed by atoms with van der Waals surface area (Å²) < 4.78 is 12.3. The molecule has 3 aliphatic rings. The molecule has 0 spiro atoms. The van der Waals surface area contributed by atoms with E-state index in [2.05, 4.69) is 16.1 Å². The summed E-state index contributed by atoms with van der Waals surface area (Å²) in [6, 6.07) is 9.36. The van der Waals surface area contributed by atoms with Crippen LogP contribution in [0.4, 0.5) is 5.69 Å². The number of anilines is 1. The summed E-state index contributed by atoms with van der Waals surface area (Å²) in [5.41, 5.74) is 7.98. The van der Waals surface area contributed by atoms with E-state index < -0.39 is 5.66 Å². The molecule has 2 amide bonds. The van der Waals surface area contributed by atoms with Gasteiger partial charge in [0.2, 0.25) is 0 Å². The van der Waals surface area contributed by atoms with Gasteiger partial charge in [-0.1, -0.05) is 17.3 Å². The molecule has 6 rings (SSSR count). The van der Waals surface area contributed by atoms with Gasteiger partial charge in [0, 0.05) is 37.2 Å². The van der Waals surface area contributed by atoms with Crippen LogP contribution in [0.5, 0.6) is 5.75 Å². The molecule has 2 N–H and O–H groups in total. The number of nitrogens with zero attached hydrogens (tertiary/aromatic N) is 5. The molecule has 11 heteroatoms. The number of aryl methyl sites for hydroxylation is 1. The van der Waals surface area contributed by atoms with Gasteiger partial charge in [-0.25, -0.2) is 0 Å². The number of methoxy groups -OCH3 is 1. The highest BCUT2D eigenvalue weighted by Gasteiger charge is 2.56. The molecular weight excluding hydrogens is 438 g/mol. The van der Waals surface area contributed by atoms with Crippen molar-refractivity contribution >= 4 is 17.5 Å². The highest BCUT2D eigenvalue weighted by Crippen LogP contribution is 2.44.